The van der Waals surface area contributed by atoms with E-state index in [1.807, 2.05) is 57.2 Å². The van der Waals surface area contributed by atoms with E-state index in [0.717, 1.165) is 146 Å². The number of rotatable bonds is 48. The summed E-state index contributed by atoms with van der Waals surface area (Å²) in [6.45, 7) is 39.3. The van der Waals surface area contributed by atoms with Crippen molar-refractivity contribution >= 4 is 43.6 Å². The van der Waals surface area contributed by atoms with E-state index >= 15 is 4.57 Å². The van der Waals surface area contributed by atoms with Gasteiger partial charge in [0.15, 0.2) is 0 Å². The maximum Gasteiger partial charge on any atom is 0.647 e. The Balaban J connectivity index is 2.19. The number of phosphoric acid groups is 1. The number of phosphoric ester groups is 1. The minimum absolute atomic E-state index is 0.266. The summed E-state index contributed by atoms with van der Waals surface area (Å²) in [5, 5.41) is 0. The standard InChI is InChI=1S/C75H105O16P/c1-52(2)70(76)83-46-28-16-22-34-61-40-43-67(58(13)64(61)37-25-19-31-49-86-73(79)55(7)8)89-92(82,90-68-44-41-62(35-23-17-29-47-84-71(77)53(3)4)65(59(68)14)38-26-20-32-50-87-74(80)56(9)10)91-69-45-42-63(36-24-18-30-48-85-72(78)54(5)6)66(60(69)15)39-27-21-33-51-88-75(81)57(11)12/h40-45H,1,3,5,7,9,11,16-39,46-51H2,2,4,6,8,10,12-15H3. The van der Waals surface area contributed by atoms with Crippen LogP contribution in [0.5, 0.6) is 17.2 Å². The topological polar surface area (TPSA) is 203 Å². The average molecular weight is 1290 g/mol. The lowest BCUT2D eigenvalue weighted by Gasteiger charge is -2.25. The van der Waals surface area contributed by atoms with E-state index in [-0.39, 0.29) is 19.8 Å². The predicted molar refractivity (Wildman–Crippen MR) is 363 cm³/mol. The van der Waals surface area contributed by atoms with Crippen molar-refractivity contribution in [2.75, 3.05) is 39.6 Å². The average Bonchev–Trinajstić information content (AvgIpc) is 0.804. The van der Waals surface area contributed by atoms with Gasteiger partial charge in [0.2, 0.25) is 0 Å². The molecule has 0 aliphatic rings. The van der Waals surface area contributed by atoms with Gasteiger partial charge in [-0.3, -0.25) is 0 Å². The van der Waals surface area contributed by atoms with Gasteiger partial charge in [0, 0.05) is 33.4 Å². The van der Waals surface area contributed by atoms with E-state index in [1.165, 1.54) is 0 Å². The number of aryl methyl sites for hydroxylation is 3. The summed E-state index contributed by atoms with van der Waals surface area (Å²) in [4.78, 5) is 72.6. The minimum Gasteiger partial charge on any atom is -0.462 e. The smallest absolute Gasteiger partial charge is 0.462 e. The second-order valence-electron chi connectivity index (χ2n) is 24.1. The first kappa shape index (κ1) is 78.8. The molecule has 0 bridgehead atoms. The molecular formula is C75H105O16P. The van der Waals surface area contributed by atoms with Crippen molar-refractivity contribution in [3.8, 4) is 17.2 Å². The van der Waals surface area contributed by atoms with E-state index in [0.29, 0.717) is 128 Å². The predicted octanol–water partition coefficient (Wildman–Crippen LogP) is 17.2. The van der Waals surface area contributed by atoms with Crippen LogP contribution in [0.15, 0.2) is 109 Å². The summed E-state index contributed by atoms with van der Waals surface area (Å²) in [6.07, 6.45) is 17.6. The normalized spacial score (nSPS) is 11.0. The largest absolute Gasteiger partial charge is 0.647 e. The summed E-state index contributed by atoms with van der Waals surface area (Å²) < 4.78 is 68.8. The van der Waals surface area contributed by atoms with Gasteiger partial charge in [-0.1, -0.05) is 57.7 Å². The fourth-order valence-electron chi connectivity index (χ4n) is 10.1. The van der Waals surface area contributed by atoms with Gasteiger partial charge in [0.1, 0.15) is 17.2 Å². The Kier molecular flexibility index (Phi) is 36.5. The maximum absolute atomic E-state index is 16.2. The van der Waals surface area contributed by atoms with Crippen LogP contribution in [0, 0.1) is 20.8 Å². The highest BCUT2D eigenvalue weighted by Gasteiger charge is 2.36. The highest BCUT2D eigenvalue weighted by Crippen LogP contribution is 2.53. The Hall–Kier alpha value is -7.45. The molecule has 0 aliphatic carbocycles. The summed E-state index contributed by atoms with van der Waals surface area (Å²) in [5.74, 6) is -1.54. The minimum atomic E-state index is -4.70. The molecule has 0 aliphatic heterocycles. The van der Waals surface area contributed by atoms with Gasteiger partial charge in [0.25, 0.3) is 0 Å². The number of carbonyl (C=O) groups excluding carboxylic acids is 6. The van der Waals surface area contributed by atoms with Gasteiger partial charge >= 0.3 is 43.6 Å². The first-order chi connectivity index (χ1) is 43.8. The zero-order valence-electron chi connectivity index (χ0n) is 56.9. The van der Waals surface area contributed by atoms with E-state index in [1.54, 1.807) is 41.5 Å². The molecule has 3 aromatic rings. The highest BCUT2D eigenvalue weighted by atomic mass is 31.2. The molecule has 0 unspecified atom stereocenters. The third kappa shape index (κ3) is 29.4. The molecule has 0 spiro atoms. The van der Waals surface area contributed by atoms with Gasteiger partial charge in [0.05, 0.1) is 39.6 Å². The Morgan fingerprint density at radius 2 is 0.478 bits per heavy atom. The van der Waals surface area contributed by atoms with E-state index in [4.69, 9.17) is 42.0 Å². The SMILES string of the molecule is C=C(C)C(=O)OCCCCCc1ccc(OP(=O)(Oc2ccc(CCCCCOC(=O)C(=C)C)c(CCCCCOC(=O)C(=C)C)c2C)Oc2ccc(CCCCCOC(=O)C(=C)C)c(CCCCCOC(=O)C(=C)C)c2C)c(C)c1CCCCCOC(=O)C(=C)C. The summed E-state index contributed by atoms with van der Waals surface area (Å²) >= 11 is 0. The van der Waals surface area contributed by atoms with Crippen LogP contribution in [-0.4, -0.2) is 75.5 Å². The van der Waals surface area contributed by atoms with Crippen molar-refractivity contribution in [2.45, 2.75) is 216 Å². The molecule has 3 aromatic carbocycles. The van der Waals surface area contributed by atoms with E-state index < -0.39 is 43.6 Å². The molecule has 0 amide bonds. The van der Waals surface area contributed by atoms with Crippen LogP contribution in [0.4, 0.5) is 0 Å². The van der Waals surface area contributed by atoms with Crippen LogP contribution in [0.2, 0.25) is 0 Å². The maximum atomic E-state index is 16.2. The van der Waals surface area contributed by atoms with Crippen LogP contribution in [0.1, 0.15) is 207 Å². The van der Waals surface area contributed by atoms with E-state index in [9.17, 15) is 28.8 Å². The Morgan fingerprint density at radius 3 is 0.663 bits per heavy atom. The number of benzene rings is 3. The fraction of sp³-hybridized carbons (Fsp3) is 0.520. The molecule has 92 heavy (non-hydrogen) atoms. The van der Waals surface area contributed by atoms with Crippen molar-refractivity contribution in [3.05, 3.63) is 159 Å². The molecule has 0 aromatic heterocycles. The zero-order valence-corrected chi connectivity index (χ0v) is 57.8. The molecule has 0 fully saturated rings. The lowest BCUT2D eigenvalue weighted by molar-refractivity contribution is -0.139. The monoisotopic (exact) mass is 1290 g/mol. The lowest BCUT2D eigenvalue weighted by Crippen LogP contribution is -2.12. The van der Waals surface area contributed by atoms with Gasteiger partial charge in [-0.15, -0.1) is 0 Å². The van der Waals surface area contributed by atoms with Crippen molar-refractivity contribution in [1.29, 1.82) is 0 Å². The molecule has 16 nitrogen and oxygen atoms in total. The number of ether oxygens (including phenoxy) is 6. The molecule has 3 rings (SSSR count). The van der Waals surface area contributed by atoms with Crippen molar-refractivity contribution in [3.63, 3.8) is 0 Å². The molecule has 506 valence electrons. The molecule has 0 N–H and O–H groups in total. The second-order valence-corrected chi connectivity index (χ2v) is 25.5. The lowest BCUT2D eigenvalue weighted by atomic mass is 9.93. The summed E-state index contributed by atoms with van der Waals surface area (Å²) in [6, 6.07) is 11.5. The Labute approximate surface area is 549 Å². The first-order valence-electron chi connectivity index (χ1n) is 32.7. The number of unbranched alkanes of at least 4 members (excludes halogenated alkanes) is 12. The third-order valence-corrected chi connectivity index (χ3v) is 16.8. The zero-order chi connectivity index (χ0) is 68.2. The number of hydrogen-bond donors (Lipinski definition) is 0. The molecule has 0 saturated heterocycles. The van der Waals surface area contributed by atoms with Crippen LogP contribution in [-0.2, 0) is 100 Å². The van der Waals surface area contributed by atoms with Crippen LogP contribution >= 0.6 is 7.82 Å². The molecule has 0 saturated carbocycles. The van der Waals surface area contributed by atoms with E-state index in [2.05, 4.69) is 39.5 Å². The van der Waals surface area contributed by atoms with Crippen molar-refractivity contribution < 1.29 is 75.3 Å². The van der Waals surface area contributed by atoms with Crippen molar-refractivity contribution in [2.24, 2.45) is 0 Å². The third-order valence-electron chi connectivity index (χ3n) is 15.5. The number of esters is 6. The molecule has 0 heterocycles. The summed E-state index contributed by atoms with van der Waals surface area (Å²) in [5.41, 5.74) is 10.8. The fourth-order valence-corrected chi connectivity index (χ4v) is 11.5. The van der Waals surface area contributed by atoms with Gasteiger partial charge in [-0.05, 0) is 285 Å². The molecule has 0 atom stereocenters. The molecule has 17 heteroatoms. The van der Waals surface area contributed by atoms with Gasteiger partial charge < -0.3 is 42.0 Å². The number of carbonyl (C=O) groups is 6. The number of hydrogen-bond acceptors (Lipinski definition) is 16. The second kappa shape index (κ2) is 42.6. The Bertz CT molecular complexity index is 2770. The van der Waals surface area contributed by atoms with Crippen molar-refractivity contribution in [1.82, 2.24) is 0 Å². The highest BCUT2D eigenvalue weighted by molar-refractivity contribution is 7.49. The van der Waals surface area contributed by atoms with Gasteiger partial charge in [-0.25, -0.2) is 28.8 Å². The van der Waals surface area contributed by atoms with Crippen LogP contribution in [0.25, 0.3) is 0 Å². The quantitative estimate of drug-likeness (QED) is 0.0170. The molecule has 0 radical (unpaired) electrons. The molecular weight excluding hydrogens is 1190 g/mol. The first-order valence-corrected chi connectivity index (χ1v) is 34.2. The van der Waals surface area contributed by atoms with Crippen LogP contribution < -0.4 is 13.6 Å². The summed E-state index contributed by atoms with van der Waals surface area (Å²) in [7, 11) is -4.70. The van der Waals surface area contributed by atoms with Crippen LogP contribution in [0.3, 0.4) is 0 Å². The van der Waals surface area contributed by atoms with Gasteiger partial charge in [-0.2, -0.15) is 4.57 Å². The Morgan fingerprint density at radius 1 is 0.293 bits per heavy atom.